The van der Waals surface area contributed by atoms with Crippen LogP contribution in [-0.4, -0.2) is 21.1 Å². The molecule has 2 heterocycles. The number of benzene rings is 1. The highest BCUT2D eigenvalue weighted by molar-refractivity contribution is 7.71. The molecule has 1 amide bonds. The lowest BCUT2D eigenvalue weighted by atomic mass is 9.95. The summed E-state index contributed by atoms with van der Waals surface area (Å²) in [5.74, 6) is -4.05. The topological polar surface area (TPSA) is 62.8 Å². The van der Waals surface area contributed by atoms with Crippen molar-refractivity contribution in [3.8, 4) is 6.07 Å². The smallest absolute Gasteiger partial charge is 0.226 e. The van der Waals surface area contributed by atoms with Crippen molar-refractivity contribution in [1.29, 1.82) is 5.26 Å². The Morgan fingerprint density at radius 2 is 2.03 bits per heavy atom. The molecule has 1 saturated carbocycles. The molecule has 3 atom stereocenters. The molecule has 1 N–H and O–H groups in total. The van der Waals surface area contributed by atoms with Crippen molar-refractivity contribution in [2.45, 2.75) is 50.6 Å². The van der Waals surface area contributed by atoms with E-state index in [0.29, 0.717) is 10.5 Å². The van der Waals surface area contributed by atoms with Crippen molar-refractivity contribution in [2.75, 3.05) is 0 Å². The summed E-state index contributed by atoms with van der Waals surface area (Å²) >= 11 is 5.46. The van der Waals surface area contributed by atoms with Gasteiger partial charge in [-0.15, -0.1) is 0 Å². The molecule has 0 radical (unpaired) electrons. The predicted molar refractivity (Wildman–Crippen MR) is 106 cm³/mol. The third-order valence-electron chi connectivity index (χ3n) is 6.27. The number of nitrogens with zero attached hydrogens (tertiary/aromatic N) is 3. The van der Waals surface area contributed by atoms with E-state index in [2.05, 4.69) is 11.4 Å². The number of hydrogen-bond donors (Lipinski definition) is 1. The first-order valence-electron chi connectivity index (χ1n) is 9.91. The van der Waals surface area contributed by atoms with Crippen molar-refractivity contribution in [2.24, 2.45) is 13.0 Å². The van der Waals surface area contributed by atoms with Gasteiger partial charge in [0.05, 0.1) is 18.4 Å². The molecular weight excluding hydrogens is 413 g/mol. The molecule has 30 heavy (non-hydrogen) atoms. The summed E-state index contributed by atoms with van der Waals surface area (Å²) < 4.78 is 46.2. The Labute approximate surface area is 177 Å². The number of carbonyl (C=O) groups excluding carboxylic acids is 1. The van der Waals surface area contributed by atoms with Gasteiger partial charge in [0, 0.05) is 42.5 Å². The van der Waals surface area contributed by atoms with E-state index in [1.165, 1.54) is 0 Å². The van der Waals surface area contributed by atoms with Crippen LogP contribution < -0.4 is 5.32 Å². The Morgan fingerprint density at radius 1 is 1.30 bits per heavy atom. The van der Waals surface area contributed by atoms with Crippen molar-refractivity contribution < 1.29 is 18.0 Å². The van der Waals surface area contributed by atoms with Gasteiger partial charge in [-0.05, 0) is 50.0 Å². The first-order chi connectivity index (χ1) is 14.3. The minimum atomic E-state index is -1.18. The Hall–Kier alpha value is -2.60. The zero-order valence-electron chi connectivity index (χ0n) is 16.4. The van der Waals surface area contributed by atoms with Crippen LogP contribution in [0.2, 0.25) is 0 Å². The van der Waals surface area contributed by atoms with Crippen LogP contribution in [0.15, 0.2) is 12.1 Å². The van der Waals surface area contributed by atoms with Crippen molar-refractivity contribution in [3.05, 3.63) is 51.3 Å². The van der Waals surface area contributed by atoms with E-state index in [0.717, 1.165) is 37.1 Å². The number of halogens is 3. The monoisotopic (exact) mass is 434 g/mol. The molecule has 9 heteroatoms. The van der Waals surface area contributed by atoms with Gasteiger partial charge in [0.1, 0.15) is 5.82 Å². The second-order valence-electron chi connectivity index (χ2n) is 8.02. The van der Waals surface area contributed by atoms with Crippen LogP contribution in [0.4, 0.5) is 13.2 Å². The van der Waals surface area contributed by atoms with Gasteiger partial charge >= 0.3 is 0 Å². The SMILES string of the molecule is Cn1c(CC(=O)NC2CCCC2C#N)c2n(c1=S)CC(c1c(F)ccc(F)c1F)C2. The molecule has 5 nitrogen and oxygen atoms in total. The highest BCUT2D eigenvalue weighted by atomic mass is 32.1. The molecule has 0 spiro atoms. The molecule has 4 rings (SSSR count). The summed E-state index contributed by atoms with van der Waals surface area (Å²) in [7, 11) is 1.75. The average molecular weight is 434 g/mol. The quantitative estimate of drug-likeness (QED) is 0.590. The molecule has 1 aliphatic carbocycles. The summed E-state index contributed by atoms with van der Waals surface area (Å²) in [5.41, 5.74) is 1.12. The molecular formula is C21H21F3N4OS. The molecule has 2 aliphatic rings. The molecule has 2 aromatic rings. The average Bonchev–Trinajstić information content (AvgIpc) is 3.39. The maximum Gasteiger partial charge on any atom is 0.226 e. The summed E-state index contributed by atoms with van der Waals surface area (Å²) in [5, 5.41) is 12.1. The standard InChI is InChI=1S/C21H21F3N4OS/c1-27-16(8-18(29)26-15-4-2-3-11(15)9-25)17-7-12(10-28(17)21(27)30)19-13(22)5-6-14(23)20(19)24/h5-6,11-12,15H,2-4,7-8,10H2,1H3,(H,26,29). The second-order valence-corrected chi connectivity index (χ2v) is 8.39. The molecule has 3 unspecified atom stereocenters. The van der Waals surface area contributed by atoms with Crippen LogP contribution in [0.25, 0.3) is 0 Å². The van der Waals surface area contributed by atoms with Crippen LogP contribution in [-0.2, 0) is 31.2 Å². The van der Waals surface area contributed by atoms with Gasteiger partial charge in [-0.2, -0.15) is 5.26 Å². The third kappa shape index (κ3) is 3.43. The number of fused-ring (bicyclic) bond motifs is 1. The normalized spacial score (nSPS) is 22.7. The zero-order chi connectivity index (χ0) is 21.6. The van der Waals surface area contributed by atoms with Gasteiger partial charge in [0.2, 0.25) is 5.91 Å². The van der Waals surface area contributed by atoms with Crippen LogP contribution in [0, 0.1) is 39.5 Å². The summed E-state index contributed by atoms with van der Waals surface area (Å²) in [6, 6.07) is 3.78. The number of amides is 1. The van der Waals surface area contributed by atoms with Crippen LogP contribution in [0.3, 0.4) is 0 Å². The molecule has 0 bridgehead atoms. The fourth-order valence-electron chi connectivity index (χ4n) is 4.72. The van der Waals surface area contributed by atoms with Gasteiger partial charge in [-0.3, -0.25) is 4.79 Å². The van der Waals surface area contributed by atoms with E-state index in [1.807, 2.05) is 0 Å². The molecule has 1 aromatic heterocycles. The van der Waals surface area contributed by atoms with Gasteiger partial charge < -0.3 is 14.5 Å². The van der Waals surface area contributed by atoms with Gasteiger partial charge in [-0.25, -0.2) is 13.2 Å². The lowest BCUT2D eigenvalue weighted by molar-refractivity contribution is -0.121. The third-order valence-corrected chi connectivity index (χ3v) is 6.76. The van der Waals surface area contributed by atoms with Crippen molar-refractivity contribution >= 4 is 18.1 Å². The largest absolute Gasteiger partial charge is 0.352 e. The number of aromatic nitrogens is 2. The lowest BCUT2D eigenvalue weighted by Gasteiger charge is -2.16. The molecule has 0 saturated heterocycles. The lowest BCUT2D eigenvalue weighted by Crippen LogP contribution is -2.38. The van der Waals surface area contributed by atoms with E-state index in [-0.39, 0.29) is 42.8 Å². The molecule has 1 aliphatic heterocycles. The minimum absolute atomic E-state index is 0.0535. The summed E-state index contributed by atoms with van der Waals surface area (Å²) in [4.78, 5) is 12.6. The number of rotatable bonds is 4. The first-order valence-corrected chi connectivity index (χ1v) is 10.3. The van der Waals surface area contributed by atoms with Crippen molar-refractivity contribution in [3.63, 3.8) is 0 Å². The van der Waals surface area contributed by atoms with Crippen LogP contribution >= 0.6 is 12.2 Å². The Kier molecular flexibility index (Phi) is 5.45. The maximum atomic E-state index is 14.3. The number of hydrogen-bond acceptors (Lipinski definition) is 3. The second kappa shape index (κ2) is 7.91. The van der Waals surface area contributed by atoms with Gasteiger partial charge in [-0.1, -0.05) is 0 Å². The highest BCUT2D eigenvalue weighted by Crippen LogP contribution is 2.36. The Morgan fingerprint density at radius 3 is 2.77 bits per heavy atom. The fraction of sp³-hybridized carbons (Fsp3) is 0.476. The van der Waals surface area contributed by atoms with E-state index in [4.69, 9.17) is 12.2 Å². The van der Waals surface area contributed by atoms with E-state index >= 15 is 0 Å². The highest BCUT2D eigenvalue weighted by Gasteiger charge is 2.34. The first kappa shape index (κ1) is 20.7. The van der Waals surface area contributed by atoms with E-state index in [1.54, 1.807) is 16.2 Å². The number of imidazole rings is 1. The predicted octanol–water partition coefficient (Wildman–Crippen LogP) is 3.66. The Balaban J connectivity index is 1.58. The minimum Gasteiger partial charge on any atom is -0.352 e. The van der Waals surface area contributed by atoms with Crippen LogP contribution in [0.5, 0.6) is 0 Å². The van der Waals surface area contributed by atoms with E-state index in [9.17, 15) is 23.2 Å². The van der Waals surface area contributed by atoms with Crippen LogP contribution in [0.1, 0.15) is 42.1 Å². The molecule has 1 aromatic carbocycles. The van der Waals surface area contributed by atoms with Gasteiger partial charge in [0.15, 0.2) is 16.4 Å². The number of carbonyl (C=O) groups is 1. The van der Waals surface area contributed by atoms with E-state index < -0.39 is 23.4 Å². The summed E-state index contributed by atoms with van der Waals surface area (Å²) in [6.07, 6.45) is 2.77. The molecule has 158 valence electrons. The molecule has 1 fully saturated rings. The summed E-state index contributed by atoms with van der Waals surface area (Å²) in [6.45, 7) is 0.222. The van der Waals surface area contributed by atoms with Crippen molar-refractivity contribution in [1.82, 2.24) is 14.5 Å². The zero-order valence-corrected chi connectivity index (χ0v) is 17.2. The fourth-order valence-corrected chi connectivity index (χ4v) is 5.02. The maximum absolute atomic E-state index is 14.3. The Bertz CT molecular complexity index is 1120. The number of nitriles is 1. The van der Waals surface area contributed by atoms with Gasteiger partial charge in [0.25, 0.3) is 0 Å². The number of nitrogens with one attached hydrogen (secondary N) is 1.